The molecule has 0 spiro atoms. The fourth-order valence-electron chi connectivity index (χ4n) is 3.80. The summed E-state index contributed by atoms with van der Waals surface area (Å²) in [6, 6.07) is 16.1. The van der Waals surface area contributed by atoms with Gasteiger partial charge in [0.25, 0.3) is 5.91 Å². The van der Waals surface area contributed by atoms with Gasteiger partial charge in [0.2, 0.25) is 13.2 Å². The normalized spacial score (nSPS) is 17.1. The van der Waals surface area contributed by atoms with Crippen LogP contribution in [0.25, 0.3) is 16.9 Å². The number of amides is 2. The Kier molecular flexibility index (Phi) is 7.45. The molecule has 2 heterocycles. The molecule has 1 atom stereocenters. The summed E-state index contributed by atoms with van der Waals surface area (Å²) >= 11 is 6.21. The maximum atomic E-state index is 13.4. The van der Waals surface area contributed by atoms with E-state index < -0.39 is 16.5 Å². The van der Waals surface area contributed by atoms with Crippen LogP contribution in [0.2, 0.25) is 5.02 Å². The van der Waals surface area contributed by atoms with Crippen molar-refractivity contribution < 1.29 is 28.6 Å². The lowest BCUT2D eigenvalue weighted by atomic mass is 10.1. The highest BCUT2D eigenvalue weighted by atomic mass is 35.5. The monoisotopic (exact) mass is 498 g/mol. The van der Waals surface area contributed by atoms with E-state index in [4.69, 9.17) is 21.2 Å². The molecule has 3 aromatic rings. The SMILES string of the molecule is CNCCCOc1cccc(-c2cc(C(=O)[N+]3(OC=O)CNC(=O)C3)nn2-c2cccc(Cl)c2)c1. The van der Waals surface area contributed by atoms with Crippen molar-refractivity contribution in [1.29, 1.82) is 0 Å². The van der Waals surface area contributed by atoms with E-state index in [1.807, 2.05) is 37.4 Å². The number of rotatable bonds is 10. The number of carbonyl (C=O) groups excluding carboxylic acids is 3. The average Bonchev–Trinajstić information content (AvgIpc) is 3.47. The van der Waals surface area contributed by atoms with Crippen LogP contribution in [0.15, 0.2) is 54.6 Å². The molecule has 2 aromatic carbocycles. The number of nitrogens with one attached hydrogen (secondary N) is 2. The third kappa shape index (κ3) is 5.35. The highest BCUT2D eigenvalue weighted by Gasteiger charge is 2.49. The molecule has 4 rings (SSSR count). The van der Waals surface area contributed by atoms with Crippen LogP contribution in [0.3, 0.4) is 0 Å². The Hall–Kier alpha value is -3.73. The summed E-state index contributed by atoms with van der Waals surface area (Å²) in [7, 11) is 1.89. The highest BCUT2D eigenvalue weighted by molar-refractivity contribution is 6.30. The van der Waals surface area contributed by atoms with Gasteiger partial charge in [-0.25, -0.2) is 14.3 Å². The number of hydrogen-bond donors (Lipinski definition) is 2. The van der Waals surface area contributed by atoms with E-state index >= 15 is 0 Å². The second-order valence-electron chi connectivity index (χ2n) is 7.95. The van der Waals surface area contributed by atoms with Crippen molar-refractivity contribution in [1.82, 2.24) is 20.4 Å². The molecule has 1 aliphatic heterocycles. The molecule has 0 aliphatic carbocycles. The van der Waals surface area contributed by atoms with Crippen LogP contribution in [0.5, 0.6) is 5.75 Å². The molecule has 1 aliphatic rings. The summed E-state index contributed by atoms with van der Waals surface area (Å²) in [6.07, 6.45) is 0.851. The van der Waals surface area contributed by atoms with Crippen LogP contribution >= 0.6 is 11.6 Å². The molecule has 1 aromatic heterocycles. The second-order valence-corrected chi connectivity index (χ2v) is 8.39. The van der Waals surface area contributed by atoms with E-state index in [0.717, 1.165) is 18.5 Å². The molecule has 1 saturated heterocycles. The number of ether oxygens (including phenoxy) is 1. The Morgan fingerprint density at radius 3 is 2.80 bits per heavy atom. The maximum Gasteiger partial charge on any atom is 0.409 e. The molecule has 35 heavy (non-hydrogen) atoms. The van der Waals surface area contributed by atoms with Gasteiger partial charge < -0.3 is 15.4 Å². The van der Waals surface area contributed by atoms with Crippen molar-refractivity contribution >= 4 is 29.9 Å². The summed E-state index contributed by atoms with van der Waals surface area (Å²) in [4.78, 5) is 41.5. The van der Waals surface area contributed by atoms with Gasteiger partial charge >= 0.3 is 12.4 Å². The summed E-state index contributed by atoms with van der Waals surface area (Å²) in [5.41, 5.74) is 2.00. The Balaban J connectivity index is 1.75. The molecule has 0 saturated carbocycles. The van der Waals surface area contributed by atoms with Crippen molar-refractivity contribution in [2.24, 2.45) is 0 Å². The third-order valence-electron chi connectivity index (χ3n) is 5.50. The number of nitrogens with zero attached hydrogens (tertiary/aromatic N) is 3. The molecule has 10 nitrogen and oxygen atoms in total. The van der Waals surface area contributed by atoms with Gasteiger partial charge in [0.1, 0.15) is 5.75 Å². The number of quaternary nitrogens is 1. The van der Waals surface area contributed by atoms with Gasteiger partial charge in [0.05, 0.1) is 18.0 Å². The predicted octanol–water partition coefficient (Wildman–Crippen LogP) is 2.31. The lowest BCUT2D eigenvalue weighted by molar-refractivity contribution is -1.01. The topological polar surface area (TPSA) is 112 Å². The molecule has 182 valence electrons. The van der Waals surface area contributed by atoms with E-state index in [-0.39, 0.29) is 25.4 Å². The van der Waals surface area contributed by atoms with Crippen LogP contribution in [0.1, 0.15) is 16.9 Å². The van der Waals surface area contributed by atoms with Gasteiger partial charge in [-0.1, -0.05) is 29.8 Å². The number of carbonyl (C=O) groups is 3. The molecular weight excluding hydrogens is 474 g/mol. The van der Waals surface area contributed by atoms with Crippen molar-refractivity contribution in [2.45, 2.75) is 6.42 Å². The van der Waals surface area contributed by atoms with Crippen LogP contribution in [0, 0.1) is 0 Å². The fraction of sp³-hybridized carbons (Fsp3) is 0.250. The molecule has 2 N–H and O–H groups in total. The van der Waals surface area contributed by atoms with Crippen molar-refractivity contribution in [3.05, 3.63) is 65.3 Å². The number of benzene rings is 2. The fourth-order valence-corrected chi connectivity index (χ4v) is 3.98. The first-order valence-corrected chi connectivity index (χ1v) is 11.4. The Morgan fingerprint density at radius 2 is 2.09 bits per heavy atom. The van der Waals surface area contributed by atoms with Crippen molar-refractivity contribution in [2.75, 3.05) is 33.4 Å². The number of hydroxylamine groups is 3. The Morgan fingerprint density at radius 1 is 1.26 bits per heavy atom. The number of aromatic nitrogens is 2. The van der Waals surface area contributed by atoms with Gasteiger partial charge in [-0.2, -0.15) is 5.10 Å². The minimum Gasteiger partial charge on any atom is -0.494 e. The average molecular weight is 499 g/mol. The minimum absolute atomic E-state index is 0.0265. The molecule has 2 amide bonds. The van der Waals surface area contributed by atoms with E-state index in [0.29, 0.717) is 28.8 Å². The van der Waals surface area contributed by atoms with Crippen molar-refractivity contribution in [3.63, 3.8) is 0 Å². The van der Waals surface area contributed by atoms with Gasteiger partial charge in [-0.15, -0.1) is 0 Å². The Labute approximate surface area is 206 Å². The Bertz CT molecular complexity index is 1250. The van der Waals surface area contributed by atoms with E-state index in [2.05, 4.69) is 15.7 Å². The third-order valence-corrected chi connectivity index (χ3v) is 5.73. The van der Waals surface area contributed by atoms with Gasteiger partial charge in [-0.3, -0.25) is 9.63 Å². The van der Waals surface area contributed by atoms with Gasteiger partial charge in [0.15, 0.2) is 5.69 Å². The lowest BCUT2D eigenvalue weighted by Crippen LogP contribution is -2.51. The van der Waals surface area contributed by atoms with Gasteiger partial charge in [-0.05, 0) is 55.0 Å². The largest absolute Gasteiger partial charge is 0.494 e. The van der Waals surface area contributed by atoms with E-state index in [1.54, 1.807) is 28.9 Å². The first kappa shape index (κ1) is 24.4. The summed E-state index contributed by atoms with van der Waals surface area (Å²) in [5.74, 6) is -0.359. The van der Waals surface area contributed by atoms with Crippen LogP contribution < -0.4 is 15.4 Å². The molecule has 1 fully saturated rings. The van der Waals surface area contributed by atoms with Gasteiger partial charge in [0, 0.05) is 16.7 Å². The van der Waals surface area contributed by atoms with Crippen LogP contribution in [-0.2, 0) is 14.4 Å². The predicted molar refractivity (Wildman–Crippen MR) is 128 cm³/mol. The maximum absolute atomic E-state index is 13.4. The smallest absolute Gasteiger partial charge is 0.409 e. The quantitative estimate of drug-likeness (QED) is 0.250. The number of hydrogen-bond acceptors (Lipinski definition) is 7. The van der Waals surface area contributed by atoms with Crippen molar-refractivity contribution in [3.8, 4) is 22.7 Å². The summed E-state index contributed by atoms with van der Waals surface area (Å²) < 4.78 is 6.61. The minimum atomic E-state index is -0.844. The summed E-state index contributed by atoms with van der Waals surface area (Å²) in [5, 5.41) is 10.6. The molecule has 0 bridgehead atoms. The zero-order chi connectivity index (χ0) is 24.8. The molecule has 1 unspecified atom stereocenters. The zero-order valence-corrected chi connectivity index (χ0v) is 19.8. The summed E-state index contributed by atoms with van der Waals surface area (Å²) in [6.45, 7) is 1.04. The van der Waals surface area contributed by atoms with E-state index in [1.165, 1.54) is 0 Å². The molecule has 11 heteroatoms. The highest BCUT2D eigenvalue weighted by Crippen LogP contribution is 2.29. The van der Waals surface area contributed by atoms with E-state index in [9.17, 15) is 14.4 Å². The van der Waals surface area contributed by atoms with Crippen LogP contribution in [-0.4, -0.2) is 66.1 Å². The molecular formula is C24H25ClN5O5+. The first-order chi connectivity index (χ1) is 17.0. The molecule has 0 radical (unpaired) electrons. The zero-order valence-electron chi connectivity index (χ0n) is 19.1. The standard InChI is InChI=1S/C24H24ClN5O5/c1-26-9-4-10-34-20-8-2-5-17(11-20)22-13-21(28-29(22)19-7-3-6-18(25)12-19)24(33)30(35-16-31)14-23(32)27-15-30/h2-3,5-8,11-13,16,26H,4,9-10,14-15H2,1H3/p+1. The second kappa shape index (κ2) is 10.7. The number of halogens is 1. The first-order valence-electron chi connectivity index (χ1n) is 11.0. The lowest BCUT2D eigenvalue weighted by Gasteiger charge is -2.22. The van der Waals surface area contributed by atoms with Crippen LogP contribution in [0.4, 0.5) is 0 Å².